The lowest BCUT2D eigenvalue weighted by atomic mass is 10.0. The minimum absolute atomic E-state index is 0.417. The summed E-state index contributed by atoms with van der Waals surface area (Å²) in [6, 6.07) is 5.45. The number of amides is 2. The van der Waals surface area contributed by atoms with Crippen LogP contribution in [0.25, 0.3) is 0 Å². The van der Waals surface area contributed by atoms with Crippen LogP contribution in [0.3, 0.4) is 0 Å². The Kier molecular flexibility index (Phi) is 5.99. The summed E-state index contributed by atoms with van der Waals surface area (Å²) in [5.74, 6) is -1.51. The molecular weight excluding hydrogens is 325 g/mol. The third-order valence-corrected chi connectivity index (χ3v) is 3.58. The van der Waals surface area contributed by atoms with E-state index >= 15 is 0 Å². The van der Waals surface area contributed by atoms with E-state index in [4.69, 9.17) is 0 Å². The fourth-order valence-corrected chi connectivity index (χ4v) is 1.89. The molecule has 134 valence electrons. The van der Waals surface area contributed by atoms with Gasteiger partial charge in [-0.15, -0.1) is 0 Å². The highest BCUT2D eigenvalue weighted by molar-refractivity contribution is 5.95. The third kappa shape index (κ3) is 5.23. The number of halogens is 3. The molecular formula is C16H21F3N2O3. The Hall–Kier alpha value is -2.09. The van der Waals surface area contributed by atoms with Crippen molar-refractivity contribution >= 4 is 17.5 Å². The first kappa shape index (κ1) is 20.0. The number of aliphatic hydroxyl groups is 1. The Labute approximate surface area is 138 Å². The van der Waals surface area contributed by atoms with Crippen molar-refractivity contribution in [3.05, 3.63) is 29.3 Å². The molecule has 0 radical (unpaired) electrons. The number of hydrogen-bond donors (Lipinski definition) is 2. The van der Waals surface area contributed by atoms with E-state index < -0.39 is 36.6 Å². The van der Waals surface area contributed by atoms with Gasteiger partial charge in [-0.3, -0.25) is 9.59 Å². The number of likely N-dealkylation sites (N-methyl/N-ethyl adjacent to an activating group) is 1. The minimum atomic E-state index is -4.93. The Balaban J connectivity index is 2.67. The molecule has 0 fully saturated rings. The summed E-state index contributed by atoms with van der Waals surface area (Å²) in [7, 11) is 1.21. The van der Waals surface area contributed by atoms with Crippen LogP contribution < -0.4 is 5.32 Å². The molecule has 0 unspecified atom stereocenters. The number of benzene rings is 1. The fourth-order valence-electron chi connectivity index (χ4n) is 1.89. The van der Waals surface area contributed by atoms with Crippen LogP contribution in [0.15, 0.2) is 18.2 Å². The fraction of sp³-hybridized carbons (Fsp3) is 0.500. The number of carbonyl (C=O) groups is 2. The largest absolute Gasteiger partial charge is 0.417 e. The maximum Gasteiger partial charge on any atom is 0.417 e. The molecule has 0 aliphatic carbocycles. The van der Waals surface area contributed by atoms with Gasteiger partial charge in [-0.2, -0.15) is 13.2 Å². The molecule has 0 bridgehead atoms. The lowest BCUT2D eigenvalue weighted by Gasteiger charge is -2.27. The van der Waals surface area contributed by atoms with Crippen molar-refractivity contribution in [2.24, 2.45) is 0 Å². The van der Waals surface area contributed by atoms with E-state index in [1.807, 2.05) is 19.1 Å². The molecule has 0 saturated heterocycles. The van der Waals surface area contributed by atoms with Crippen molar-refractivity contribution in [3.63, 3.8) is 0 Å². The van der Waals surface area contributed by atoms with Crippen LogP contribution in [-0.2, 0) is 9.59 Å². The summed E-state index contributed by atoms with van der Waals surface area (Å²) >= 11 is 0. The quantitative estimate of drug-likeness (QED) is 0.860. The first-order valence-corrected chi connectivity index (χ1v) is 7.23. The van der Waals surface area contributed by atoms with E-state index in [0.29, 0.717) is 12.6 Å². The highest BCUT2D eigenvalue weighted by atomic mass is 19.4. The highest BCUT2D eigenvalue weighted by Crippen LogP contribution is 2.32. The van der Waals surface area contributed by atoms with Crippen molar-refractivity contribution in [2.45, 2.75) is 39.0 Å². The molecule has 2 amide bonds. The van der Waals surface area contributed by atoms with Gasteiger partial charge in [0.15, 0.2) is 5.60 Å². The summed E-state index contributed by atoms with van der Waals surface area (Å²) in [5, 5.41) is 11.9. The summed E-state index contributed by atoms with van der Waals surface area (Å²) in [6.07, 6.45) is -6.08. The van der Waals surface area contributed by atoms with Gasteiger partial charge in [-0.25, -0.2) is 0 Å². The van der Waals surface area contributed by atoms with E-state index in [2.05, 4.69) is 5.32 Å². The Bertz CT molecular complexity index is 627. The zero-order valence-electron chi connectivity index (χ0n) is 14.0. The topological polar surface area (TPSA) is 69.6 Å². The lowest BCUT2D eigenvalue weighted by molar-refractivity contribution is -0.254. The summed E-state index contributed by atoms with van der Waals surface area (Å²) in [4.78, 5) is 24.6. The average Bonchev–Trinajstić information content (AvgIpc) is 2.41. The molecule has 5 nitrogen and oxygen atoms in total. The van der Waals surface area contributed by atoms with Crippen molar-refractivity contribution in [2.75, 3.05) is 18.9 Å². The van der Waals surface area contributed by atoms with Crippen LogP contribution in [0.2, 0.25) is 0 Å². The number of aryl methyl sites for hydroxylation is 2. The number of carbonyl (C=O) groups excluding carboxylic acids is 2. The molecule has 0 saturated carbocycles. The lowest BCUT2D eigenvalue weighted by Crippen LogP contribution is -2.47. The zero-order valence-corrected chi connectivity index (χ0v) is 14.0. The van der Waals surface area contributed by atoms with Gasteiger partial charge < -0.3 is 15.3 Å². The van der Waals surface area contributed by atoms with Gasteiger partial charge in [-0.1, -0.05) is 12.1 Å². The number of rotatable bonds is 5. The van der Waals surface area contributed by atoms with Crippen LogP contribution in [0.1, 0.15) is 24.5 Å². The normalized spacial score (nSPS) is 14.0. The molecule has 24 heavy (non-hydrogen) atoms. The molecule has 0 heterocycles. The molecule has 1 aromatic rings. The first-order chi connectivity index (χ1) is 10.8. The molecule has 0 aromatic heterocycles. The molecule has 0 aliphatic heterocycles. The second-order valence-electron chi connectivity index (χ2n) is 6.06. The van der Waals surface area contributed by atoms with Crippen LogP contribution in [0, 0.1) is 13.8 Å². The van der Waals surface area contributed by atoms with Crippen LogP contribution in [0.4, 0.5) is 18.9 Å². The number of anilines is 1. The molecule has 1 rings (SSSR count). The molecule has 8 heteroatoms. The van der Waals surface area contributed by atoms with Gasteiger partial charge in [0.25, 0.3) is 0 Å². The van der Waals surface area contributed by atoms with Crippen molar-refractivity contribution in [3.8, 4) is 0 Å². The monoisotopic (exact) mass is 346 g/mol. The Morgan fingerprint density at radius 3 is 2.38 bits per heavy atom. The summed E-state index contributed by atoms with van der Waals surface area (Å²) in [5.41, 5.74) is -0.810. The maximum atomic E-state index is 12.6. The zero-order chi connectivity index (χ0) is 18.7. The number of nitrogens with one attached hydrogen (secondary N) is 1. The number of alkyl halides is 3. The maximum absolute atomic E-state index is 12.6. The molecule has 2 N–H and O–H groups in total. The Morgan fingerprint density at radius 2 is 1.83 bits per heavy atom. The van der Waals surface area contributed by atoms with E-state index in [0.717, 1.165) is 16.0 Å². The SMILES string of the molecule is Cc1ccc(C)c(NC(=O)CN(C)C(=O)C[C@@](C)(O)C(F)(F)F)c1. The van der Waals surface area contributed by atoms with Gasteiger partial charge in [0, 0.05) is 12.7 Å². The van der Waals surface area contributed by atoms with Crippen molar-refractivity contribution in [1.82, 2.24) is 4.90 Å². The number of hydrogen-bond acceptors (Lipinski definition) is 3. The average molecular weight is 346 g/mol. The first-order valence-electron chi connectivity index (χ1n) is 7.23. The van der Waals surface area contributed by atoms with Crippen LogP contribution in [-0.4, -0.2) is 47.2 Å². The van der Waals surface area contributed by atoms with Gasteiger partial charge >= 0.3 is 6.18 Å². The summed E-state index contributed by atoms with van der Waals surface area (Å²) < 4.78 is 37.8. The van der Waals surface area contributed by atoms with Gasteiger partial charge in [-0.05, 0) is 38.0 Å². The molecule has 0 spiro atoms. The van der Waals surface area contributed by atoms with E-state index in [-0.39, 0.29) is 0 Å². The Morgan fingerprint density at radius 1 is 1.25 bits per heavy atom. The second kappa shape index (κ2) is 7.21. The summed E-state index contributed by atoms with van der Waals surface area (Å²) in [6.45, 7) is 3.75. The predicted octanol–water partition coefficient (Wildman–Crippen LogP) is 2.40. The number of nitrogens with zero attached hydrogens (tertiary/aromatic N) is 1. The minimum Gasteiger partial charge on any atom is -0.380 e. The predicted molar refractivity (Wildman–Crippen MR) is 83.5 cm³/mol. The van der Waals surface area contributed by atoms with Crippen LogP contribution in [0.5, 0.6) is 0 Å². The third-order valence-electron chi connectivity index (χ3n) is 3.58. The molecule has 1 atom stereocenters. The van der Waals surface area contributed by atoms with Gasteiger partial charge in [0.2, 0.25) is 11.8 Å². The van der Waals surface area contributed by atoms with Crippen molar-refractivity contribution < 1.29 is 27.9 Å². The molecule has 1 aromatic carbocycles. The van der Waals surface area contributed by atoms with Gasteiger partial charge in [0.1, 0.15) is 0 Å². The van der Waals surface area contributed by atoms with Crippen LogP contribution >= 0.6 is 0 Å². The van der Waals surface area contributed by atoms with E-state index in [1.54, 1.807) is 13.0 Å². The van der Waals surface area contributed by atoms with Gasteiger partial charge in [0.05, 0.1) is 13.0 Å². The standard InChI is InChI=1S/C16H21F3N2O3/c1-10-5-6-11(2)12(7-10)20-13(22)9-21(4)14(23)8-15(3,24)16(17,18)19/h5-7,24H,8-9H2,1-4H3,(H,20,22)/t15-/m1/s1. The van der Waals surface area contributed by atoms with E-state index in [9.17, 15) is 27.9 Å². The smallest absolute Gasteiger partial charge is 0.380 e. The second-order valence-corrected chi connectivity index (χ2v) is 6.06. The molecule has 0 aliphatic rings. The highest BCUT2D eigenvalue weighted by Gasteiger charge is 2.51. The van der Waals surface area contributed by atoms with Crippen molar-refractivity contribution in [1.29, 1.82) is 0 Å². The van der Waals surface area contributed by atoms with E-state index in [1.165, 1.54) is 7.05 Å².